The van der Waals surface area contributed by atoms with Gasteiger partial charge < -0.3 is 15.4 Å². The van der Waals surface area contributed by atoms with Crippen LogP contribution in [0.3, 0.4) is 0 Å². The molecule has 0 aromatic carbocycles. The van der Waals surface area contributed by atoms with Crippen molar-refractivity contribution in [1.82, 2.24) is 20.8 Å². The maximum atomic E-state index is 11.5. The topological polar surface area (TPSA) is 76.1 Å². The molecule has 1 aliphatic heterocycles. The number of hydrogen-bond acceptors (Lipinski definition) is 5. The van der Waals surface area contributed by atoms with Crippen molar-refractivity contribution in [3.05, 3.63) is 17.8 Å². The van der Waals surface area contributed by atoms with Crippen LogP contribution < -0.4 is 15.4 Å². The van der Waals surface area contributed by atoms with Gasteiger partial charge in [-0.05, 0) is 32.4 Å². The number of nitrogens with zero attached hydrogens (tertiary/aromatic N) is 2. The number of rotatable bonds is 5. The minimum atomic E-state index is -0.214. The zero-order chi connectivity index (χ0) is 12.8. The molecule has 0 bridgehead atoms. The van der Waals surface area contributed by atoms with Crippen LogP contribution in [-0.2, 0) is 0 Å². The Balaban J connectivity index is 1.85. The average Bonchev–Trinajstić information content (AvgIpc) is 2.90. The largest absolute Gasteiger partial charge is 0.475 e. The first-order chi connectivity index (χ1) is 8.79. The van der Waals surface area contributed by atoms with E-state index in [-0.39, 0.29) is 5.91 Å². The molecule has 98 valence electrons. The summed E-state index contributed by atoms with van der Waals surface area (Å²) in [5, 5.41) is 13.7. The molecule has 0 spiro atoms. The third-order valence-corrected chi connectivity index (χ3v) is 2.80. The van der Waals surface area contributed by atoms with Gasteiger partial charge in [0.15, 0.2) is 5.69 Å². The fraction of sp³-hybridized carbons (Fsp3) is 0.583. The molecule has 6 nitrogen and oxygen atoms in total. The molecule has 0 radical (unpaired) electrons. The summed E-state index contributed by atoms with van der Waals surface area (Å²) < 4.78 is 5.52. The Bertz CT molecular complexity index is 388. The molecule has 2 heterocycles. The average molecular weight is 250 g/mol. The van der Waals surface area contributed by atoms with Gasteiger partial charge in [0.05, 0.1) is 0 Å². The van der Waals surface area contributed by atoms with Crippen molar-refractivity contribution in [2.45, 2.75) is 25.8 Å². The van der Waals surface area contributed by atoms with Crippen LogP contribution in [0.25, 0.3) is 0 Å². The van der Waals surface area contributed by atoms with E-state index in [1.807, 2.05) is 6.92 Å². The van der Waals surface area contributed by atoms with Crippen LogP contribution in [0.15, 0.2) is 12.1 Å². The van der Waals surface area contributed by atoms with E-state index < -0.39 is 0 Å². The van der Waals surface area contributed by atoms with Gasteiger partial charge in [0.1, 0.15) is 6.61 Å². The number of ether oxygens (including phenoxy) is 1. The number of carbonyl (C=O) groups excluding carboxylic acids is 1. The van der Waals surface area contributed by atoms with Crippen LogP contribution in [0.4, 0.5) is 0 Å². The molecule has 1 atom stereocenters. The lowest BCUT2D eigenvalue weighted by Crippen LogP contribution is -2.28. The molecule has 2 rings (SSSR count). The predicted octanol–water partition coefficient (Wildman–Crippen LogP) is 0.357. The zero-order valence-corrected chi connectivity index (χ0v) is 10.5. The van der Waals surface area contributed by atoms with E-state index in [0.717, 1.165) is 13.0 Å². The van der Waals surface area contributed by atoms with E-state index in [0.29, 0.717) is 30.8 Å². The van der Waals surface area contributed by atoms with Crippen molar-refractivity contribution in [3.8, 4) is 5.88 Å². The summed E-state index contributed by atoms with van der Waals surface area (Å²) in [7, 11) is 0. The molecule has 2 N–H and O–H groups in total. The van der Waals surface area contributed by atoms with E-state index in [4.69, 9.17) is 4.74 Å². The minimum absolute atomic E-state index is 0.214. The second kappa shape index (κ2) is 6.30. The molecule has 1 unspecified atom stereocenters. The number of amides is 1. The van der Waals surface area contributed by atoms with Gasteiger partial charge in [0.25, 0.3) is 5.91 Å². The van der Waals surface area contributed by atoms with Gasteiger partial charge in [-0.1, -0.05) is 0 Å². The number of nitrogens with one attached hydrogen (secondary N) is 2. The highest BCUT2D eigenvalue weighted by atomic mass is 16.5. The SMILES string of the molecule is CCNC(=O)c1ccc(OCC2CCCN2)nn1. The number of carbonyl (C=O) groups is 1. The van der Waals surface area contributed by atoms with Crippen molar-refractivity contribution in [1.29, 1.82) is 0 Å². The summed E-state index contributed by atoms with van der Waals surface area (Å²) in [5.41, 5.74) is 0.309. The quantitative estimate of drug-likeness (QED) is 0.789. The van der Waals surface area contributed by atoms with Crippen molar-refractivity contribution in [2.24, 2.45) is 0 Å². The fourth-order valence-corrected chi connectivity index (χ4v) is 1.85. The van der Waals surface area contributed by atoms with E-state index in [2.05, 4.69) is 20.8 Å². The highest BCUT2D eigenvalue weighted by molar-refractivity contribution is 5.91. The van der Waals surface area contributed by atoms with Crippen LogP contribution in [-0.4, -0.2) is 41.8 Å². The summed E-state index contributed by atoms with van der Waals surface area (Å²) in [6.07, 6.45) is 2.32. The molecule has 6 heteroatoms. The van der Waals surface area contributed by atoms with Crippen LogP contribution in [0.2, 0.25) is 0 Å². The van der Waals surface area contributed by atoms with Crippen molar-refractivity contribution >= 4 is 5.91 Å². The zero-order valence-electron chi connectivity index (χ0n) is 10.5. The summed E-state index contributed by atoms with van der Waals surface area (Å²) >= 11 is 0. The lowest BCUT2D eigenvalue weighted by molar-refractivity contribution is 0.0949. The molecule has 1 aliphatic rings. The van der Waals surface area contributed by atoms with E-state index in [9.17, 15) is 4.79 Å². The van der Waals surface area contributed by atoms with Crippen LogP contribution >= 0.6 is 0 Å². The van der Waals surface area contributed by atoms with Crippen LogP contribution in [0, 0.1) is 0 Å². The third-order valence-electron chi connectivity index (χ3n) is 2.80. The standard InChI is InChI=1S/C12H18N4O2/c1-2-13-12(17)10-5-6-11(16-15-10)18-8-9-4-3-7-14-9/h5-6,9,14H,2-4,7-8H2,1H3,(H,13,17). The molecule has 1 saturated heterocycles. The van der Waals surface area contributed by atoms with Gasteiger partial charge in [-0.25, -0.2) is 0 Å². The summed E-state index contributed by atoms with van der Waals surface area (Å²) in [4.78, 5) is 11.5. The maximum Gasteiger partial charge on any atom is 0.271 e. The summed E-state index contributed by atoms with van der Waals surface area (Å²) in [5.74, 6) is 0.241. The molecule has 1 aromatic rings. The second-order valence-electron chi connectivity index (χ2n) is 4.22. The summed E-state index contributed by atoms with van der Waals surface area (Å²) in [6, 6.07) is 3.69. The Hall–Kier alpha value is -1.69. The van der Waals surface area contributed by atoms with Gasteiger partial charge in [-0.2, -0.15) is 0 Å². The van der Waals surface area contributed by atoms with E-state index in [1.165, 1.54) is 6.42 Å². The van der Waals surface area contributed by atoms with Crippen LogP contribution in [0.5, 0.6) is 5.88 Å². The Kier molecular flexibility index (Phi) is 4.46. The highest BCUT2D eigenvalue weighted by Crippen LogP contribution is 2.09. The predicted molar refractivity (Wildman–Crippen MR) is 66.6 cm³/mol. The Morgan fingerprint density at radius 3 is 3.06 bits per heavy atom. The van der Waals surface area contributed by atoms with Crippen molar-refractivity contribution in [2.75, 3.05) is 19.7 Å². The fourth-order valence-electron chi connectivity index (χ4n) is 1.85. The number of hydrogen-bond donors (Lipinski definition) is 2. The van der Waals surface area contributed by atoms with Gasteiger partial charge in [-0.3, -0.25) is 4.79 Å². The van der Waals surface area contributed by atoms with Gasteiger partial charge in [-0.15, -0.1) is 10.2 Å². The van der Waals surface area contributed by atoms with E-state index in [1.54, 1.807) is 12.1 Å². The Morgan fingerprint density at radius 2 is 2.44 bits per heavy atom. The lowest BCUT2D eigenvalue weighted by Gasteiger charge is -2.10. The molecule has 1 fully saturated rings. The van der Waals surface area contributed by atoms with Gasteiger partial charge >= 0.3 is 0 Å². The molecule has 0 aliphatic carbocycles. The molecule has 1 aromatic heterocycles. The van der Waals surface area contributed by atoms with Crippen molar-refractivity contribution < 1.29 is 9.53 Å². The number of aromatic nitrogens is 2. The Labute approximate surface area is 106 Å². The monoisotopic (exact) mass is 250 g/mol. The Morgan fingerprint density at radius 1 is 1.56 bits per heavy atom. The first-order valence-corrected chi connectivity index (χ1v) is 6.27. The molecular weight excluding hydrogens is 232 g/mol. The molecule has 18 heavy (non-hydrogen) atoms. The summed E-state index contributed by atoms with van der Waals surface area (Å²) in [6.45, 7) is 4.08. The second-order valence-corrected chi connectivity index (χ2v) is 4.22. The lowest BCUT2D eigenvalue weighted by atomic mass is 10.2. The third kappa shape index (κ3) is 3.40. The molecule has 1 amide bonds. The molecule has 0 saturated carbocycles. The first-order valence-electron chi connectivity index (χ1n) is 6.27. The first kappa shape index (κ1) is 12.8. The van der Waals surface area contributed by atoms with E-state index >= 15 is 0 Å². The minimum Gasteiger partial charge on any atom is -0.475 e. The smallest absolute Gasteiger partial charge is 0.271 e. The maximum absolute atomic E-state index is 11.5. The highest BCUT2D eigenvalue weighted by Gasteiger charge is 2.15. The van der Waals surface area contributed by atoms with Gasteiger partial charge in [0.2, 0.25) is 5.88 Å². The van der Waals surface area contributed by atoms with Gasteiger partial charge in [0, 0.05) is 18.7 Å². The molecular formula is C12H18N4O2. The van der Waals surface area contributed by atoms with Crippen LogP contribution in [0.1, 0.15) is 30.3 Å². The normalized spacial score (nSPS) is 18.6. The van der Waals surface area contributed by atoms with Crippen molar-refractivity contribution in [3.63, 3.8) is 0 Å².